The fraction of sp³-hybridized carbons (Fsp3) is 0.200. The molecule has 1 atom stereocenters. The highest BCUT2D eigenvalue weighted by Gasteiger charge is 2.24. The zero-order valence-corrected chi connectivity index (χ0v) is 15.0. The third-order valence-electron chi connectivity index (χ3n) is 4.38. The molecule has 0 fully saturated rings. The van der Waals surface area contributed by atoms with E-state index in [1.807, 2.05) is 60.7 Å². The molecule has 0 spiro atoms. The van der Waals surface area contributed by atoms with Gasteiger partial charge in [0.25, 0.3) is 11.5 Å². The fourth-order valence-electron chi connectivity index (χ4n) is 2.92. The zero-order valence-electron chi connectivity index (χ0n) is 15.0. The van der Waals surface area contributed by atoms with E-state index >= 15 is 0 Å². The van der Waals surface area contributed by atoms with Crippen molar-refractivity contribution < 1.29 is 9.53 Å². The van der Waals surface area contributed by atoms with Gasteiger partial charge in [-0.15, -0.1) is 0 Å². The number of aromatic nitrogens is 2. The van der Waals surface area contributed by atoms with Crippen molar-refractivity contribution in [3.8, 4) is 5.69 Å². The third kappa shape index (κ3) is 3.19. The average molecular weight is 351 g/mol. The van der Waals surface area contributed by atoms with Crippen LogP contribution in [0, 0.1) is 6.92 Å². The maximum Gasteiger partial charge on any atom is 0.295 e. The molecule has 3 rings (SSSR count). The summed E-state index contributed by atoms with van der Waals surface area (Å²) in [7, 11) is 3.25. The second kappa shape index (κ2) is 7.41. The SMILES string of the molecule is COC(C(=O)Nc1c(C)n(C)n(-c2ccccc2)c1=O)c1ccccc1. The van der Waals surface area contributed by atoms with E-state index in [1.165, 1.54) is 11.8 Å². The van der Waals surface area contributed by atoms with Crippen molar-refractivity contribution in [2.45, 2.75) is 13.0 Å². The van der Waals surface area contributed by atoms with Crippen LogP contribution >= 0.6 is 0 Å². The lowest BCUT2D eigenvalue weighted by Crippen LogP contribution is -2.27. The monoisotopic (exact) mass is 351 g/mol. The van der Waals surface area contributed by atoms with Gasteiger partial charge in [0.2, 0.25) is 0 Å². The van der Waals surface area contributed by atoms with Gasteiger partial charge >= 0.3 is 0 Å². The molecule has 1 unspecified atom stereocenters. The van der Waals surface area contributed by atoms with Crippen LogP contribution in [0.4, 0.5) is 5.69 Å². The fourth-order valence-corrected chi connectivity index (χ4v) is 2.92. The standard InChI is InChI=1S/C20H21N3O3/c1-14-17(20(25)23(22(14)2)16-12-8-5-9-13-16)21-19(24)18(26-3)15-10-6-4-7-11-15/h4-13,18H,1-3H3,(H,21,24). The van der Waals surface area contributed by atoms with E-state index in [2.05, 4.69) is 5.32 Å². The number of carbonyl (C=O) groups is 1. The number of benzene rings is 2. The largest absolute Gasteiger partial charge is 0.367 e. The van der Waals surface area contributed by atoms with Gasteiger partial charge in [-0.25, -0.2) is 4.68 Å². The molecule has 0 aliphatic heterocycles. The Morgan fingerprint density at radius 3 is 2.19 bits per heavy atom. The zero-order chi connectivity index (χ0) is 18.7. The predicted molar refractivity (Wildman–Crippen MR) is 101 cm³/mol. The summed E-state index contributed by atoms with van der Waals surface area (Å²) >= 11 is 0. The molecule has 134 valence electrons. The number of nitrogens with zero attached hydrogens (tertiary/aromatic N) is 2. The molecule has 0 radical (unpaired) electrons. The predicted octanol–water partition coefficient (Wildman–Crippen LogP) is 2.81. The summed E-state index contributed by atoms with van der Waals surface area (Å²) in [5.41, 5.74) is 2.08. The van der Waals surface area contributed by atoms with Crippen LogP contribution in [0.2, 0.25) is 0 Å². The highest BCUT2D eigenvalue weighted by atomic mass is 16.5. The number of carbonyl (C=O) groups excluding carboxylic acids is 1. The van der Waals surface area contributed by atoms with E-state index in [-0.39, 0.29) is 17.2 Å². The summed E-state index contributed by atoms with van der Waals surface area (Å²) < 4.78 is 8.59. The quantitative estimate of drug-likeness (QED) is 0.769. The molecule has 1 amide bonds. The molecule has 1 heterocycles. The summed E-state index contributed by atoms with van der Waals surface area (Å²) in [4.78, 5) is 25.6. The number of amides is 1. The number of nitrogens with one attached hydrogen (secondary N) is 1. The van der Waals surface area contributed by atoms with Crippen LogP contribution in [0.3, 0.4) is 0 Å². The molecule has 1 N–H and O–H groups in total. The number of rotatable bonds is 5. The topological polar surface area (TPSA) is 65.3 Å². The van der Waals surface area contributed by atoms with Gasteiger partial charge in [-0.2, -0.15) is 0 Å². The minimum Gasteiger partial charge on any atom is -0.367 e. The summed E-state index contributed by atoms with van der Waals surface area (Å²) in [6.07, 6.45) is -0.791. The maximum atomic E-state index is 12.9. The Kier molecular flexibility index (Phi) is 5.04. The molecule has 6 nitrogen and oxygen atoms in total. The number of para-hydroxylation sites is 1. The molecule has 26 heavy (non-hydrogen) atoms. The van der Waals surface area contributed by atoms with Crippen molar-refractivity contribution in [1.29, 1.82) is 0 Å². The smallest absolute Gasteiger partial charge is 0.295 e. The lowest BCUT2D eigenvalue weighted by atomic mass is 10.1. The minimum atomic E-state index is -0.791. The van der Waals surface area contributed by atoms with Crippen molar-refractivity contribution in [2.75, 3.05) is 12.4 Å². The molecule has 3 aromatic rings. The lowest BCUT2D eigenvalue weighted by molar-refractivity contribution is -0.126. The highest BCUT2D eigenvalue weighted by molar-refractivity contribution is 5.95. The van der Waals surface area contributed by atoms with Gasteiger partial charge in [0.1, 0.15) is 5.69 Å². The molecule has 2 aromatic carbocycles. The maximum absolute atomic E-state index is 12.9. The Labute approximate surface area is 151 Å². The summed E-state index contributed by atoms with van der Waals surface area (Å²) in [5, 5.41) is 2.74. The van der Waals surface area contributed by atoms with E-state index in [0.717, 1.165) is 11.3 Å². The Morgan fingerprint density at radius 2 is 1.62 bits per heavy atom. The first-order valence-corrected chi connectivity index (χ1v) is 8.27. The molecular formula is C20H21N3O3. The van der Waals surface area contributed by atoms with Crippen molar-refractivity contribution >= 4 is 11.6 Å². The minimum absolute atomic E-state index is 0.249. The van der Waals surface area contributed by atoms with E-state index < -0.39 is 6.10 Å². The van der Waals surface area contributed by atoms with Gasteiger partial charge in [-0.1, -0.05) is 48.5 Å². The number of methoxy groups -OCH3 is 1. The van der Waals surface area contributed by atoms with Crippen molar-refractivity contribution in [3.05, 3.63) is 82.3 Å². The summed E-state index contributed by atoms with van der Waals surface area (Å²) in [6, 6.07) is 18.5. The van der Waals surface area contributed by atoms with Crippen LogP contribution in [0.5, 0.6) is 0 Å². The molecule has 0 bridgehead atoms. The number of anilines is 1. The van der Waals surface area contributed by atoms with Crippen molar-refractivity contribution in [2.24, 2.45) is 7.05 Å². The molecule has 0 aliphatic rings. The second-order valence-electron chi connectivity index (χ2n) is 5.95. The Bertz CT molecular complexity index is 959. The first-order valence-electron chi connectivity index (χ1n) is 8.27. The Balaban J connectivity index is 1.96. The van der Waals surface area contributed by atoms with Crippen LogP contribution in [0.1, 0.15) is 17.4 Å². The molecule has 6 heteroatoms. The normalized spacial score (nSPS) is 12.0. The van der Waals surface area contributed by atoms with Crippen LogP contribution in [-0.2, 0) is 16.6 Å². The third-order valence-corrected chi connectivity index (χ3v) is 4.38. The van der Waals surface area contributed by atoms with Gasteiger partial charge in [0.05, 0.1) is 11.4 Å². The highest BCUT2D eigenvalue weighted by Crippen LogP contribution is 2.20. The summed E-state index contributed by atoms with van der Waals surface area (Å²) in [5.74, 6) is -0.385. The van der Waals surface area contributed by atoms with Crippen LogP contribution in [0.15, 0.2) is 65.5 Å². The second-order valence-corrected chi connectivity index (χ2v) is 5.95. The van der Waals surface area contributed by atoms with E-state index in [1.54, 1.807) is 18.7 Å². The number of hydrogen-bond acceptors (Lipinski definition) is 3. The Hall–Kier alpha value is -3.12. The molecular weight excluding hydrogens is 330 g/mol. The van der Waals surface area contributed by atoms with Gasteiger partial charge in [-0.05, 0) is 24.6 Å². The van der Waals surface area contributed by atoms with Crippen LogP contribution in [0.25, 0.3) is 5.69 Å². The number of hydrogen-bond donors (Lipinski definition) is 1. The van der Waals surface area contributed by atoms with Crippen LogP contribution < -0.4 is 10.9 Å². The lowest BCUT2D eigenvalue weighted by Gasteiger charge is -2.15. The van der Waals surface area contributed by atoms with Crippen molar-refractivity contribution in [1.82, 2.24) is 9.36 Å². The molecule has 0 aliphatic carbocycles. The first kappa shape index (κ1) is 17.7. The van der Waals surface area contributed by atoms with Gasteiger partial charge in [-0.3, -0.25) is 14.3 Å². The molecule has 1 aromatic heterocycles. The molecule has 0 saturated carbocycles. The number of ether oxygens (including phenoxy) is 1. The van der Waals surface area contributed by atoms with E-state index in [4.69, 9.17) is 4.74 Å². The van der Waals surface area contributed by atoms with E-state index in [9.17, 15) is 9.59 Å². The van der Waals surface area contributed by atoms with E-state index in [0.29, 0.717) is 5.69 Å². The first-order chi connectivity index (χ1) is 12.5. The molecule has 0 saturated heterocycles. The summed E-state index contributed by atoms with van der Waals surface area (Å²) in [6.45, 7) is 1.79. The van der Waals surface area contributed by atoms with Crippen LogP contribution in [-0.4, -0.2) is 22.4 Å². The van der Waals surface area contributed by atoms with Crippen molar-refractivity contribution in [3.63, 3.8) is 0 Å². The van der Waals surface area contributed by atoms with Gasteiger partial charge in [0, 0.05) is 14.2 Å². The van der Waals surface area contributed by atoms with Gasteiger partial charge in [0.15, 0.2) is 6.10 Å². The van der Waals surface area contributed by atoms with Gasteiger partial charge < -0.3 is 10.1 Å². The Morgan fingerprint density at radius 1 is 1.04 bits per heavy atom. The average Bonchev–Trinajstić information content (AvgIpc) is 2.87.